The lowest BCUT2D eigenvalue weighted by molar-refractivity contribution is -0.149. The Morgan fingerprint density at radius 1 is 0.877 bits per heavy atom. The first-order valence-electron chi connectivity index (χ1n) is 23.1. The highest BCUT2D eigenvalue weighted by molar-refractivity contribution is 6.01. The Balaban J connectivity index is 0.870. The molecule has 4 heterocycles. The van der Waals surface area contributed by atoms with Crippen LogP contribution in [0.15, 0.2) is 65.8 Å². The third-order valence-electron chi connectivity index (χ3n) is 15.3. The standard InChI is InChI=1S/C51H56F2N6O6/c1-26(2)36(22-43(60)64-5)47(61)59-33-11-7-31(18-33)45(59)40-21-32-17-28(10-14-39(32)55-40)29-8-12-34-35-13-9-30(20-38(35)51(52,53)37(34)19-29)41-24-54-46(56-41)42-23-50(15-16-50)25-58(42)48(62)44(27(3)4)57-49(63)65-6/h8-10,12-14,17,19-20,24,26-27,31,33,36,42,44-45H,7,11,15-16,18,21-23,25H2,1-6H3,(H,54,56)(H,57,63)/t31?,33?,36?,42-,44-,45?/m0/s1. The Morgan fingerprint density at radius 2 is 1.57 bits per heavy atom. The van der Waals surface area contributed by atoms with Gasteiger partial charge in [-0.1, -0.05) is 58.0 Å². The molecule has 2 saturated heterocycles. The van der Waals surface area contributed by atoms with E-state index in [0.29, 0.717) is 52.7 Å². The summed E-state index contributed by atoms with van der Waals surface area (Å²) in [7, 11) is 2.62. The molecule has 3 aliphatic heterocycles. The number of ether oxygens (including phenoxy) is 2. The molecule has 0 radical (unpaired) electrons. The Morgan fingerprint density at radius 3 is 2.25 bits per heavy atom. The van der Waals surface area contributed by atoms with Gasteiger partial charge in [0.05, 0.1) is 56.2 Å². The number of nitrogens with zero attached hydrogens (tertiary/aromatic N) is 4. The minimum absolute atomic E-state index is 0.00817. The summed E-state index contributed by atoms with van der Waals surface area (Å²) in [4.78, 5) is 69.6. The van der Waals surface area contributed by atoms with E-state index in [4.69, 9.17) is 19.5 Å². The number of alkyl carbamates (subject to hydrolysis) is 1. The van der Waals surface area contributed by atoms with Gasteiger partial charge in [0.1, 0.15) is 11.9 Å². The van der Waals surface area contributed by atoms with Crippen LogP contribution >= 0.6 is 0 Å². The number of halogens is 2. The number of benzene rings is 3. The van der Waals surface area contributed by atoms with Gasteiger partial charge >= 0.3 is 12.1 Å². The van der Waals surface area contributed by atoms with Gasteiger partial charge in [-0.15, -0.1) is 0 Å². The molecule has 3 amide bonds. The summed E-state index contributed by atoms with van der Waals surface area (Å²) >= 11 is 0. The first kappa shape index (κ1) is 43.0. The van der Waals surface area contributed by atoms with Crippen molar-refractivity contribution < 1.29 is 37.4 Å². The second-order valence-electron chi connectivity index (χ2n) is 20.0. The summed E-state index contributed by atoms with van der Waals surface area (Å²) in [5, 5.41) is 2.71. The maximum Gasteiger partial charge on any atom is 0.407 e. The predicted octanol–water partition coefficient (Wildman–Crippen LogP) is 9.14. The van der Waals surface area contributed by atoms with Crippen LogP contribution in [-0.2, 0) is 36.2 Å². The van der Waals surface area contributed by atoms with Crippen molar-refractivity contribution in [3.05, 3.63) is 83.3 Å². The summed E-state index contributed by atoms with van der Waals surface area (Å²) in [5.74, 6) is -3.65. The third-order valence-corrected chi connectivity index (χ3v) is 15.3. The zero-order chi connectivity index (χ0) is 45.7. The molecule has 12 nitrogen and oxygen atoms in total. The van der Waals surface area contributed by atoms with Crippen molar-refractivity contribution >= 4 is 35.3 Å². The highest BCUT2D eigenvalue weighted by Gasteiger charge is 2.56. The molecule has 3 aliphatic carbocycles. The SMILES string of the molecule is COC(=O)CC(C(=O)N1C2CCC(C2)C1C1=Nc2ccc(-c3ccc4c(c3)C(F)(F)c3cc(-c5cnc([C@@H]6CC7(CC7)CN6C(=O)[C@@H](NC(=O)OC)C(C)C)[nH]5)ccc3-4)cc2C1)C(C)C. The molecule has 10 rings (SSSR count). The van der Waals surface area contributed by atoms with E-state index in [1.54, 1.807) is 24.4 Å². The molecule has 1 aromatic heterocycles. The lowest BCUT2D eigenvalue weighted by Crippen LogP contribution is -2.52. The summed E-state index contributed by atoms with van der Waals surface area (Å²) in [6, 6.07) is 15.2. The molecule has 2 N–H and O–H groups in total. The first-order chi connectivity index (χ1) is 31.1. The summed E-state index contributed by atoms with van der Waals surface area (Å²) in [6.07, 6.45) is 7.23. The van der Waals surface area contributed by atoms with Crippen molar-refractivity contribution in [1.82, 2.24) is 25.1 Å². The third kappa shape index (κ3) is 7.31. The monoisotopic (exact) mass is 886 g/mol. The Kier molecular flexibility index (Phi) is 10.5. The maximum atomic E-state index is 16.7. The first-order valence-corrected chi connectivity index (χ1v) is 23.1. The smallest absolute Gasteiger partial charge is 0.407 e. The number of amides is 3. The average molecular weight is 887 g/mol. The number of esters is 1. The number of piperidine rings is 1. The number of imidazole rings is 1. The molecule has 6 atom stereocenters. The van der Waals surface area contributed by atoms with E-state index < -0.39 is 24.0 Å². The molecule has 4 aromatic rings. The lowest BCUT2D eigenvalue weighted by atomic mass is 9.87. The van der Waals surface area contributed by atoms with Crippen LogP contribution in [0.25, 0.3) is 33.5 Å². The van der Waals surface area contributed by atoms with Crippen LogP contribution in [0.4, 0.5) is 19.3 Å². The Labute approximate surface area is 377 Å². The van der Waals surface area contributed by atoms with Crippen molar-refractivity contribution in [2.45, 2.75) is 109 Å². The van der Waals surface area contributed by atoms with Gasteiger partial charge in [0.2, 0.25) is 11.8 Å². The number of methoxy groups -OCH3 is 2. The minimum Gasteiger partial charge on any atom is -0.469 e. The molecule has 2 bridgehead atoms. The summed E-state index contributed by atoms with van der Waals surface area (Å²) < 4.78 is 43.1. The van der Waals surface area contributed by atoms with Crippen LogP contribution in [0.2, 0.25) is 0 Å². The molecule has 3 aromatic carbocycles. The highest BCUT2D eigenvalue weighted by Crippen LogP contribution is 2.59. The maximum absolute atomic E-state index is 16.7. The molecular formula is C51H56F2N6O6. The summed E-state index contributed by atoms with van der Waals surface area (Å²) in [5.41, 5.74) is 6.25. The van der Waals surface area contributed by atoms with Gasteiger partial charge in [0.15, 0.2) is 0 Å². The summed E-state index contributed by atoms with van der Waals surface area (Å²) in [6.45, 7) is 8.25. The van der Waals surface area contributed by atoms with Gasteiger partial charge in [-0.05, 0) is 114 Å². The zero-order valence-corrected chi connectivity index (χ0v) is 37.8. The number of hydrogen-bond acceptors (Lipinski definition) is 8. The van der Waals surface area contributed by atoms with Crippen LogP contribution in [-0.4, -0.2) is 88.2 Å². The lowest BCUT2D eigenvalue weighted by Gasteiger charge is -2.38. The van der Waals surface area contributed by atoms with Crippen LogP contribution in [0, 0.1) is 29.1 Å². The van der Waals surface area contributed by atoms with Crippen LogP contribution in [0.5, 0.6) is 0 Å². The molecule has 14 heteroatoms. The second-order valence-corrected chi connectivity index (χ2v) is 20.0. The number of hydrogen-bond donors (Lipinski definition) is 2. The Hall–Kier alpha value is -5.92. The average Bonchev–Trinajstić information content (AvgIpc) is 3.95. The number of nitrogens with one attached hydrogen (secondary N) is 2. The molecular weight excluding hydrogens is 831 g/mol. The van der Waals surface area contributed by atoms with Gasteiger partial charge in [0, 0.05) is 41.4 Å². The van der Waals surface area contributed by atoms with Crippen molar-refractivity contribution in [1.29, 1.82) is 0 Å². The molecule has 4 fully saturated rings. The topological polar surface area (TPSA) is 146 Å². The van der Waals surface area contributed by atoms with E-state index in [1.165, 1.54) is 20.3 Å². The quantitative estimate of drug-likeness (QED) is 0.143. The fraction of sp³-hybridized carbons (Fsp3) is 0.490. The number of aliphatic imine (C=N–C) groups is 1. The molecule has 2 saturated carbocycles. The van der Waals surface area contributed by atoms with Crippen molar-refractivity contribution in [3.63, 3.8) is 0 Å². The number of rotatable bonds is 11. The Bertz CT molecular complexity index is 2650. The van der Waals surface area contributed by atoms with Crippen molar-refractivity contribution in [3.8, 4) is 33.5 Å². The van der Waals surface area contributed by atoms with Crippen LogP contribution in [0.3, 0.4) is 0 Å². The van der Waals surface area contributed by atoms with Crippen molar-refractivity contribution in [2.24, 2.45) is 34.1 Å². The van der Waals surface area contributed by atoms with E-state index in [9.17, 15) is 19.2 Å². The number of carbonyl (C=O) groups is 4. The van der Waals surface area contributed by atoms with E-state index in [-0.39, 0.29) is 70.7 Å². The number of carbonyl (C=O) groups excluding carboxylic acids is 4. The normalized spacial score (nSPS) is 23.6. The number of alkyl halides is 2. The fourth-order valence-corrected chi connectivity index (χ4v) is 11.5. The van der Waals surface area contributed by atoms with Crippen LogP contribution < -0.4 is 5.32 Å². The zero-order valence-electron chi connectivity index (χ0n) is 37.8. The molecule has 65 heavy (non-hydrogen) atoms. The van der Waals surface area contributed by atoms with E-state index >= 15 is 8.78 Å². The minimum atomic E-state index is -3.27. The largest absolute Gasteiger partial charge is 0.469 e. The molecule has 340 valence electrons. The van der Waals surface area contributed by atoms with Gasteiger partial charge in [-0.25, -0.2) is 9.78 Å². The number of aromatic amines is 1. The number of likely N-dealkylation sites (tertiary alicyclic amines) is 2. The number of aromatic nitrogens is 2. The molecule has 1 spiro atoms. The van der Waals surface area contributed by atoms with Gasteiger partial charge in [-0.3, -0.25) is 19.4 Å². The second kappa shape index (κ2) is 15.9. The van der Waals surface area contributed by atoms with Gasteiger partial charge in [-0.2, -0.15) is 8.78 Å². The van der Waals surface area contributed by atoms with Gasteiger partial charge in [0.25, 0.3) is 5.92 Å². The fourth-order valence-electron chi connectivity index (χ4n) is 11.5. The predicted molar refractivity (Wildman–Crippen MR) is 240 cm³/mol. The van der Waals surface area contributed by atoms with E-state index in [1.807, 2.05) is 67.8 Å². The van der Waals surface area contributed by atoms with E-state index in [0.717, 1.165) is 61.1 Å². The number of H-pyrrole nitrogens is 1. The number of fused-ring (bicyclic) bond motifs is 6. The molecule has 4 unspecified atom stereocenters. The highest BCUT2D eigenvalue weighted by atomic mass is 19.3. The molecule has 6 aliphatic rings. The van der Waals surface area contributed by atoms with E-state index in [2.05, 4.69) is 10.3 Å². The van der Waals surface area contributed by atoms with Crippen LogP contribution in [0.1, 0.15) is 101 Å². The van der Waals surface area contributed by atoms with Gasteiger partial charge < -0.3 is 29.6 Å². The van der Waals surface area contributed by atoms with Crippen molar-refractivity contribution in [2.75, 3.05) is 20.8 Å².